The van der Waals surface area contributed by atoms with Gasteiger partial charge in [-0.1, -0.05) is 6.58 Å². The first-order valence-electron chi connectivity index (χ1n) is 3.65. The van der Waals surface area contributed by atoms with Gasteiger partial charge in [0.2, 0.25) is 0 Å². The fourth-order valence-electron chi connectivity index (χ4n) is 0.825. The standard InChI is InChI=1S/C9H6F3NO/c1-2-7(14)6-3-4-8(13-5-6)9(10,11)12/h2-5H,1H2. The van der Waals surface area contributed by atoms with Crippen LogP contribution in [0.2, 0.25) is 0 Å². The van der Waals surface area contributed by atoms with Gasteiger partial charge in [-0.25, -0.2) is 0 Å². The summed E-state index contributed by atoms with van der Waals surface area (Å²) in [5, 5.41) is 0. The largest absolute Gasteiger partial charge is 0.433 e. The molecule has 1 aromatic rings. The molecule has 0 aliphatic carbocycles. The highest BCUT2D eigenvalue weighted by molar-refractivity contribution is 6.03. The van der Waals surface area contributed by atoms with Gasteiger partial charge in [-0.15, -0.1) is 0 Å². The Kier molecular flexibility index (Phi) is 2.69. The number of carbonyl (C=O) groups is 1. The number of alkyl halides is 3. The molecular formula is C9H6F3NO. The molecule has 0 radical (unpaired) electrons. The molecule has 1 rings (SSSR count). The zero-order valence-corrected chi connectivity index (χ0v) is 7.01. The Balaban J connectivity index is 3.00. The first-order valence-corrected chi connectivity index (χ1v) is 3.65. The third-order valence-electron chi connectivity index (χ3n) is 1.52. The molecule has 5 heteroatoms. The van der Waals surface area contributed by atoms with Crippen molar-refractivity contribution in [1.82, 2.24) is 4.98 Å². The fraction of sp³-hybridized carbons (Fsp3) is 0.111. The monoisotopic (exact) mass is 201 g/mol. The van der Waals surface area contributed by atoms with E-state index in [-0.39, 0.29) is 5.56 Å². The molecule has 0 bridgehead atoms. The number of pyridine rings is 1. The Morgan fingerprint density at radius 3 is 2.43 bits per heavy atom. The Morgan fingerprint density at radius 1 is 1.43 bits per heavy atom. The van der Waals surface area contributed by atoms with Crippen molar-refractivity contribution in [1.29, 1.82) is 0 Å². The van der Waals surface area contributed by atoms with Gasteiger partial charge >= 0.3 is 6.18 Å². The summed E-state index contributed by atoms with van der Waals surface area (Å²) < 4.78 is 36.1. The van der Waals surface area contributed by atoms with Gasteiger partial charge in [0.25, 0.3) is 0 Å². The summed E-state index contributed by atoms with van der Waals surface area (Å²) in [4.78, 5) is 14.1. The Labute approximate surface area is 78.1 Å². The molecule has 0 aliphatic heterocycles. The van der Waals surface area contributed by atoms with Crippen molar-refractivity contribution in [2.75, 3.05) is 0 Å². The lowest BCUT2D eigenvalue weighted by molar-refractivity contribution is -0.141. The molecule has 14 heavy (non-hydrogen) atoms. The average molecular weight is 201 g/mol. The Bertz CT molecular complexity index is 353. The van der Waals surface area contributed by atoms with E-state index >= 15 is 0 Å². The molecule has 1 aromatic heterocycles. The van der Waals surface area contributed by atoms with E-state index in [9.17, 15) is 18.0 Å². The number of hydrogen-bond donors (Lipinski definition) is 0. The maximum atomic E-state index is 12.0. The van der Waals surface area contributed by atoms with Gasteiger partial charge in [0.05, 0.1) is 0 Å². The number of rotatable bonds is 2. The average Bonchev–Trinajstić information content (AvgIpc) is 2.15. The van der Waals surface area contributed by atoms with Crippen molar-refractivity contribution < 1.29 is 18.0 Å². The second kappa shape index (κ2) is 3.61. The molecule has 0 aromatic carbocycles. The van der Waals surface area contributed by atoms with Gasteiger partial charge in [0.15, 0.2) is 5.78 Å². The highest BCUT2D eigenvalue weighted by atomic mass is 19.4. The van der Waals surface area contributed by atoms with Crippen LogP contribution in [0.5, 0.6) is 0 Å². The van der Waals surface area contributed by atoms with Gasteiger partial charge in [0, 0.05) is 11.8 Å². The van der Waals surface area contributed by atoms with Crippen molar-refractivity contribution in [3.05, 3.63) is 42.2 Å². The van der Waals surface area contributed by atoms with Crippen LogP contribution < -0.4 is 0 Å². The third kappa shape index (κ3) is 2.18. The molecule has 0 fully saturated rings. The van der Waals surface area contributed by atoms with Crippen LogP contribution in [0.25, 0.3) is 0 Å². The third-order valence-corrected chi connectivity index (χ3v) is 1.52. The van der Waals surface area contributed by atoms with E-state index in [1.807, 2.05) is 0 Å². The van der Waals surface area contributed by atoms with E-state index in [4.69, 9.17) is 0 Å². The second-order valence-corrected chi connectivity index (χ2v) is 2.50. The summed E-state index contributed by atoms with van der Waals surface area (Å²) in [5.74, 6) is -0.453. The molecule has 0 atom stereocenters. The summed E-state index contributed by atoms with van der Waals surface area (Å²) in [6.45, 7) is 3.21. The molecule has 0 aliphatic rings. The predicted molar refractivity (Wildman–Crippen MR) is 43.8 cm³/mol. The van der Waals surface area contributed by atoms with Crippen LogP contribution in [0, 0.1) is 0 Å². The van der Waals surface area contributed by atoms with E-state index in [1.54, 1.807) is 0 Å². The minimum absolute atomic E-state index is 0.0907. The zero-order chi connectivity index (χ0) is 10.8. The summed E-state index contributed by atoms with van der Waals surface area (Å²) >= 11 is 0. The van der Waals surface area contributed by atoms with E-state index < -0.39 is 17.7 Å². The van der Waals surface area contributed by atoms with E-state index in [0.717, 1.165) is 24.4 Å². The Morgan fingerprint density at radius 2 is 2.07 bits per heavy atom. The molecule has 0 unspecified atom stereocenters. The number of allylic oxidation sites excluding steroid dienone is 1. The van der Waals surface area contributed by atoms with Crippen LogP contribution in [0.4, 0.5) is 13.2 Å². The SMILES string of the molecule is C=CC(=O)c1ccc(C(F)(F)F)nc1. The summed E-state index contributed by atoms with van der Waals surface area (Å²) in [6, 6.07) is 1.83. The van der Waals surface area contributed by atoms with Gasteiger partial charge in [-0.2, -0.15) is 13.2 Å². The molecular weight excluding hydrogens is 195 g/mol. The molecule has 1 heterocycles. The van der Waals surface area contributed by atoms with Gasteiger partial charge < -0.3 is 0 Å². The van der Waals surface area contributed by atoms with E-state index in [0.29, 0.717) is 0 Å². The Hall–Kier alpha value is -1.65. The molecule has 0 saturated carbocycles. The van der Waals surface area contributed by atoms with Crippen LogP contribution in [0.15, 0.2) is 31.0 Å². The highest BCUT2D eigenvalue weighted by Crippen LogP contribution is 2.27. The molecule has 0 amide bonds. The van der Waals surface area contributed by atoms with Gasteiger partial charge in [-0.05, 0) is 18.2 Å². The number of carbonyl (C=O) groups excluding carboxylic acids is 1. The topological polar surface area (TPSA) is 30.0 Å². The van der Waals surface area contributed by atoms with Crippen LogP contribution >= 0.6 is 0 Å². The lowest BCUT2D eigenvalue weighted by atomic mass is 10.2. The number of halogens is 3. The van der Waals surface area contributed by atoms with Crippen molar-refractivity contribution in [3.63, 3.8) is 0 Å². The first-order chi connectivity index (χ1) is 6.45. The smallest absolute Gasteiger partial charge is 0.289 e. The molecule has 74 valence electrons. The van der Waals surface area contributed by atoms with Crippen molar-refractivity contribution >= 4 is 5.78 Å². The minimum Gasteiger partial charge on any atom is -0.289 e. The summed E-state index contributed by atoms with van der Waals surface area (Å²) in [6.07, 6.45) is -2.58. The maximum absolute atomic E-state index is 12.0. The first kappa shape index (κ1) is 10.4. The fourth-order valence-corrected chi connectivity index (χ4v) is 0.825. The highest BCUT2D eigenvalue weighted by Gasteiger charge is 2.32. The predicted octanol–water partition coefficient (Wildman–Crippen LogP) is 2.47. The van der Waals surface area contributed by atoms with Crippen LogP contribution in [0.3, 0.4) is 0 Å². The summed E-state index contributed by atoms with van der Waals surface area (Å²) in [5.41, 5.74) is -0.925. The van der Waals surface area contributed by atoms with Crippen LogP contribution in [-0.2, 0) is 6.18 Å². The van der Waals surface area contributed by atoms with Crippen LogP contribution in [0.1, 0.15) is 16.1 Å². The van der Waals surface area contributed by atoms with Gasteiger partial charge in [0.1, 0.15) is 5.69 Å². The molecule has 0 N–H and O–H groups in total. The zero-order valence-electron chi connectivity index (χ0n) is 7.01. The molecule has 0 spiro atoms. The number of hydrogen-bond acceptors (Lipinski definition) is 2. The molecule has 2 nitrogen and oxygen atoms in total. The maximum Gasteiger partial charge on any atom is 0.433 e. The van der Waals surface area contributed by atoms with E-state index in [2.05, 4.69) is 11.6 Å². The van der Waals surface area contributed by atoms with Crippen molar-refractivity contribution in [3.8, 4) is 0 Å². The summed E-state index contributed by atoms with van der Waals surface area (Å²) in [7, 11) is 0. The van der Waals surface area contributed by atoms with Crippen LogP contribution in [-0.4, -0.2) is 10.8 Å². The normalized spacial score (nSPS) is 11.1. The van der Waals surface area contributed by atoms with Gasteiger partial charge in [-0.3, -0.25) is 9.78 Å². The van der Waals surface area contributed by atoms with E-state index in [1.165, 1.54) is 0 Å². The second-order valence-electron chi connectivity index (χ2n) is 2.50. The minimum atomic E-state index is -4.48. The lowest BCUT2D eigenvalue weighted by Gasteiger charge is -2.04. The number of aromatic nitrogens is 1. The quantitative estimate of drug-likeness (QED) is 0.543. The number of nitrogens with zero attached hydrogens (tertiary/aromatic N) is 1. The molecule has 0 saturated heterocycles. The number of ketones is 1. The van der Waals surface area contributed by atoms with Crippen molar-refractivity contribution in [2.24, 2.45) is 0 Å². The van der Waals surface area contributed by atoms with Crippen molar-refractivity contribution in [2.45, 2.75) is 6.18 Å². The lowest BCUT2D eigenvalue weighted by Crippen LogP contribution is -2.08.